The number of halogens is 3. The molecule has 1 aromatic heterocycles. The number of alkyl halides is 2. The van der Waals surface area contributed by atoms with Crippen molar-refractivity contribution in [3.63, 3.8) is 0 Å². The molecule has 0 atom stereocenters. The van der Waals surface area contributed by atoms with Gasteiger partial charge in [-0.3, -0.25) is 4.68 Å². The van der Waals surface area contributed by atoms with Crippen molar-refractivity contribution in [2.45, 2.75) is 31.7 Å². The van der Waals surface area contributed by atoms with Crippen LogP contribution in [-0.2, 0) is 11.8 Å². The van der Waals surface area contributed by atoms with Crippen molar-refractivity contribution in [1.29, 1.82) is 0 Å². The van der Waals surface area contributed by atoms with Gasteiger partial charge in [0, 0.05) is 34.7 Å². The maximum atomic E-state index is 14.2. The fourth-order valence-electron chi connectivity index (χ4n) is 2.37. The summed E-state index contributed by atoms with van der Waals surface area (Å²) in [7, 11) is 0. The predicted molar refractivity (Wildman–Crippen MR) is 92.0 cm³/mol. The maximum Gasteiger partial charge on any atom is 0.127 e. The first-order valence-corrected chi connectivity index (χ1v) is 9.17. The molecule has 2 aromatic rings. The summed E-state index contributed by atoms with van der Waals surface area (Å²) in [6.07, 6.45) is 2.67. The molecule has 0 unspecified atom stereocenters. The molecule has 0 radical (unpaired) electrons. The Hall–Kier alpha value is -0.680. The van der Waals surface area contributed by atoms with E-state index in [1.807, 2.05) is 29.1 Å². The summed E-state index contributed by atoms with van der Waals surface area (Å²) in [5.41, 5.74) is 1.35. The topological polar surface area (TPSA) is 17.8 Å². The normalized spacial score (nSPS) is 12.1. The number of hydrogen-bond donors (Lipinski definition) is 0. The van der Waals surface area contributed by atoms with Crippen molar-refractivity contribution in [1.82, 2.24) is 9.78 Å². The second-order valence-corrected chi connectivity index (χ2v) is 6.71. The van der Waals surface area contributed by atoms with E-state index in [1.54, 1.807) is 6.07 Å². The maximum absolute atomic E-state index is 14.2. The van der Waals surface area contributed by atoms with Crippen LogP contribution >= 0.6 is 31.9 Å². The lowest BCUT2D eigenvalue weighted by Gasteiger charge is -2.30. The zero-order chi connectivity index (χ0) is 15.5. The first-order valence-electron chi connectivity index (χ1n) is 6.93. The lowest BCUT2D eigenvalue weighted by atomic mass is 9.80. The number of aromatic nitrogens is 2. The Balaban J connectivity index is 2.36. The molecule has 5 heteroatoms. The number of nitrogens with zero attached hydrogens (tertiary/aromatic N) is 2. The summed E-state index contributed by atoms with van der Waals surface area (Å²) < 4.78 is 16.2. The molecule has 0 fully saturated rings. The Morgan fingerprint density at radius 1 is 1.19 bits per heavy atom. The van der Waals surface area contributed by atoms with E-state index in [0.29, 0.717) is 23.1 Å². The summed E-state index contributed by atoms with van der Waals surface area (Å²) >= 11 is 7.13. The molecule has 0 saturated carbocycles. The predicted octanol–water partition coefficient (Wildman–Crippen LogP) is 4.87. The fraction of sp³-hybridized carbons (Fsp3) is 0.438. The number of benzene rings is 1. The van der Waals surface area contributed by atoms with Crippen LogP contribution in [-0.4, -0.2) is 20.4 Å². The monoisotopic (exact) mass is 416 g/mol. The minimum Gasteiger partial charge on any atom is -0.270 e. The fourth-order valence-corrected chi connectivity index (χ4v) is 4.30. The number of hydrogen-bond acceptors (Lipinski definition) is 1. The molecular weight excluding hydrogens is 399 g/mol. The van der Waals surface area contributed by atoms with Gasteiger partial charge in [-0.2, -0.15) is 5.10 Å². The van der Waals surface area contributed by atoms with Crippen molar-refractivity contribution in [2.75, 3.05) is 10.7 Å². The van der Waals surface area contributed by atoms with Gasteiger partial charge in [0.05, 0.1) is 5.69 Å². The molecule has 0 saturated heterocycles. The second kappa shape index (κ2) is 7.05. The van der Waals surface area contributed by atoms with Crippen molar-refractivity contribution in [3.8, 4) is 0 Å². The molecule has 21 heavy (non-hydrogen) atoms. The molecule has 0 bridgehead atoms. The van der Waals surface area contributed by atoms with Gasteiger partial charge in [0.15, 0.2) is 0 Å². The SMILES string of the molecule is CC(C)n1ccc(CC(CBr)(CBr)c2ccccc2F)n1. The first kappa shape index (κ1) is 16.7. The molecule has 0 aliphatic carbocycles. The third-order valence-corrected chi connectivity index (χ3v) is 5.82. The zero-order valence-corrected chi connectivity index (χ0v) is 15.4. The summed E-state index contributed by atoms with van der Waals surface area (Å²) in [6.45, 7) is 4.19. The summed E-state index contributed by atoms with van der Waals surface area (Å²) in [4.78, 5) is 0. The van der Waals surface area contributed by atoms with Gasteiger partial charge >= 0.3 is 0 Å². The van der Waals surface area contributed by atoms with Crippen LogP contribution in [0.15, 0.2) is 36.5 Å². The van der Waals surface area contributed by atoms with E-state index in [2.05, 4.69) is 50.8 Å². The molecule has 1 heterocycles. The summed E-state index contributed by atoms with van der Waals surface area (Å²) in [5, 5.41) is 5.93. The van der Waals surface area contributed by atoms with Crippen molar-refractivity contribution < 1.29 is 4.39 Å². The highest BCUT2D eigenvalue weighted by Gasteiger charge is 2.33. The Kier molecular flexibility index (Phi) is 5.60. The Labute approximate surface area is 142 Å². The highest BCUT2D eigenvalue weighted by molar-refractivity contribution is 9.09. The minimum absolute atomic E-state index is 0.167. The largest absolute Gasteiger partial charge is 0.270 e. The van der Waals surface area contributed by atoms with Gasteiger partial charge in [0.25, 0.3) is 0 Å². The van der Waals surface area contributed by atoms with Gasteiger partial charge in [-0.25, -0.2) is 4.39 Å². The van der Waals surface area contributed by atoms with Crippen LogP contribution in [0.2, 0.25) is 0 Å². The lowest BCUT2D eigenvalue weighted by molar-refractivity contribution is 0.481. The third kappa shape index (κ3) is 3.57. The zero-order valence-electron chi connectivity index (χ0n) is 12.2. The van der Waals surface area contributed by atoms with E-state index in [-0.39, 0.29) is 11.2 Å². The molecule has 0 spiro atoms. The van der Waals surface area contributed by atoms with Crippen molar-refractivity contribution >= 4 is 31.9 Å². The van der Waals surface area contributed by atoms with E-state index in [4.69, 9.17) is 0 Å². The molecule has 0 aliphatic heterocycles. The van der Waals surface area contributed by atoms with E-state index in [1.165, 1.54) is 6.07 Å². The molecule has 0 amide bonds. The van der Waals surface area contributed by atoms with Crippen molar-refractivity contribution in [3.05, 3.63) is 53.6 Å². The quantitative estimate of drug-likeness (QED) is 0.612. The summed E-state index contributed by atoms with van der Waals surface area (Å²) in [6, 6.07) is 9.32. The van der Waals surface area contributed by atoms with Gasteiger partial charge in [-0.1, -0.05) is 50.1 Å². The Bertz CT molecular complexity index is 591. The van der Waals surface area contributed by atoms with Gasteiger partial charge in [0.2, 0.25) is 0 Å². The second-order valence-electron chi connectivity index (χ2n) is 5.59. The molecule has 2 nitrogen and oxygen atoms in total. The van der Waals surface area contributed by atoms with Gasteiger partial charge in [-0.15, -0.1) is 0 Å². The average molecular weight is 418 g/mol. The third-order valence-electron chi connectivity index (χ3n) is 3.67. The molecular formula is C16H19Br2FN2. The van der Waals surface area contributed by atoms with Gasteiger partial charge in [0.1, 0.15) is 5.82 Å². The van der Waals surface area contributed by atoms with E-state index in [9.17, 15) is 4.39 Å². The van der Waals surface area contributed by atoms with Crippen LogP contribution in [0.1, 0.15) is 31.1 Å². The highest BCUT2D eigenvalue weighted by atomic mass is 79.9. The van der Waals surface area contributed by atoms with Gasteiger partial charge < -0.3 is 0 Å². The van der Waals surface area contributed by atoms with Crippen LogP contribution in [0.25, 0.3) is 0 Å². The molecule has 114 valence electrons. The highest BCUT2D eigenvalue weighted by Crippen LogP contribution is 2.34. The summed E-state index contributed by atoms with van der Waals surface area (Å²) in [5.74, 6) is -0.167. The standard InChI is InChI=1S/C16H19Br2FN2/c1-12(2)21-8-7-13(20-21)9-16(10-17,11-18)14-5-3-4-6-15(14)19/h3-8,12H,9-11H2,1-2H3. The molecule has 0 aliphatic rings. The minimum atomic E-state index is -0.346. The van der Waals surface area contributed by atoms with Crippen LogP contribution in [0, 0.1) is 5.82 Å². The van der Waals surface area contributed by atoms with Crippen LogP contribution < -0.4 is 0 Å². The van der Waals surface area contributed by atoms with Crippen LogP contribution in [0.5, 0.6) is 0 Å². The van der Waals surface area contributed by atoms with E-state index < -0.39 is 0 Å². The lowest BCUT2D eigenvalue weighted by Crippen LogP contribution is -2.34. The molecule has 0 N–H and O–H groups in total. The van der Waals surface area contributed by atoms with E-state index in [0.717, 1.165) is 11.3 Å². The average Bonchev–Trinajstić information content (AvgIpc) is 2.94. The molecule has 1 aromatic carbocycles. The number of rotatable bonds is 6. The molecule has 2 rings (SSSR count). The Morgan fingerprint density at radius 3 is 2.38 bits per heavy atom. The Morgan fingerprint density at radius 2 is 1.86 bits per heavy atom. The van der Waals surface area contributed by atoms with Gasteiger partial charge in [-0.05, 0) is 31.5 Å². The van der Waals surface area contributed by atoms with Crippen LogP contribution in [0.3, 0.4) is 0 Å². The van der Waals surface area contributed by atoms with E-state index >= 15 is 0 Å². The van der Waals surface area contributed by atoms with Crippen LogP contribution in [0.4, 0.5) is 4.39 Å². The smallest absolute Gasteiger partial charge is 0.127 e. The first-order chi connectivity index (χ1) is 10.0. The van der Waals surface area contributed by atoms with Crippen molar-refractivity contribution in [2.24, 2.45) is 0 Å².